The normalized spacial score (nSPS) is 19.0. The van der Waals surface area contributed by atoms with E-state index in [4.69, 9.17) is 0 Å². The van der Waals surface area contributed by atoms with Crippen LogP contribution in [0.5, 0.6) is 0 Å². The van der Waals surface area contributed by atoms with Crippen molar-refractivity contribution >= 4 is 11.8 Å². The highest BCUT2D eigenvalue weighted by Crippen LogP contribution is 2.27. The van der Waals surface area contributed by atoms with E-state index in [1.807, 2.05) is 30.2 Å². The van der Waals surface area contributed by atoms with Crippen LogP contribution in [-0.4, -0.2) is 63.9 Å². The minimum Gasteiger partial charge on any atom is -0.352 e. The largest absolute Gasteiger partial charge is 0.352 e. The fourth-order valence-corrected chi connectivity index (χ4v) is 5.09. The molecular weight excluding hydrogens is 428 g/mol. The van der Waals surface area contributed by atoms with Crippen LogP contribution in [0.1, 0.15) is 94.4 Å². The molecule has 2 aliphatic heterocycles. The predicted molar refractivity (Wildman–Crippen MR) is 136 cm³/mol. The van der Waals surface area contributed by atoms with Gasteiger partial charge in [0.25, 0.3) is 11.8 Å². The fraction of sp³-hybridized carbons (Fsp3) is 0.741. The highest BCUT2D eigenvalue weighted by molar-refractivity contribution is 5.99. The first-order chi connectivity index (χ1) is 16.0. The maximum Gasteiger partial charge on any atom is 0.259 e. The molecular formula is C27H44N4O3. The Hall–Kier alpha value is -2.15. The SMILES string of the molecule is CC(C)CCn1cc(C(=O)NC(C)(C)C)c(=O)c(C(=O)N2CCC([C@H](C)N3CCCC3)CC2)c1. The number of aryl methyl sites for hydroxylation is 1. The number of hydrogen-bond donors (Lipinski definition) is 1. The van der Waals surface area contributed by atoms with Gasteiger partial charge in [-0.25, -0.2) is 0 Å². The fourth-order valence-electron chi connectivity index (χ4n) is 5.09. The second-order valence-corrected chi connectivity index (χ2v) is 11.7. The van der Waals surface area contributed by atoms with Crippen molar-refractivity contribution in [3.05, 3.63) is 33.7 Å². The van der Waals surface area contributed by atoms with Crippen molar-refractivity contribution in [2.45, 2.75) is 91.8 Å². The molecule has 1 N–H and O–H groups in total. The maximum absolute atomic E-state index is 13.5. The standard InChI is InChI=1S/C27H44N4O3/c1-19(2)9-14-29-17-22(25(33)28-27(4,5)6)24(32)23(18-29)26(34)31-15-10-21(11-16-31)20(3)30-12-7-8-13-30/h17-21H,7-16H2,1-6H3,(H,28,33)/t20-/m0/s1. The maximum atomic E-state index is 13.5. The van der Waals surface area contributed by atoms with E-state index in [1.54, 1.807) is 12.4 Å². The number of hydrogen-bond acceptors (Lipinski definition) is 4. The number of nitrogens with zero attached hydrogens (tertiary/aromatic N) is 3. The summed E-state index contributed by atoms with van der Waals surface area (Å²) in [5, 5.41) is 2.88. The highest BCUT2D eigenvalue weighted by Gasteiger charge is 2.32. The minimum absolute atomic E-state index is 0.0436. The van der Waals surface area contributed by atoms with Crippen LogP contribution in [0.15, 0.2) is 17.2 Å². The molecule has 2 amide bonds. The minimum atomic E-state index is -0.472. The van der Waals surface area contributed by atoms with Gasteiger partial charge < -0.3 is 19.7 Å². The third kappa shape index (κ3) is 6.71. The van der Waals surface area contributed by atoms with Crippen molar-refractivity contribution in [2.75, 3.05) is 26.2 Å². The Labute approximate surface area is 204 Å². The molecule has 3 heterocycles. The average molecular weight is 473 g/mol. The van der Waals surface area contributed by atoms with Crippen LogP contribution in [-0.2, 0) is 6.54 Å². The lowest BCUT2D eigenvalue weighted by atomic mass is 9.89. The number of carbonyl (C=O) groups is 2. The number of aromatic nitrogens is 1. The quantitative estimate of drug-likeness (QED) is 0.656. The number of rotatable bonds is 7. The van der Waals surface area contributed by atoms with Gasteiger partial charge in [0, 0.05) is 43.6 Å². The molecule has 0 bridgehead atoms. The van der Waals surface area contributed by atoms with E-state index >= 15 is 0 Å². The third-order valence-corrected chi connectivity index (χ3v) is 7.23. The van der Waals surface area contributed by atoms with Crippen LogP contribution in [0.25, 0.3) is 0 Å². The van der Waals surface area contributed by atoms with Gasteiger partial charge in [-0.1, -0.05) is 13.8 Å². The molecule has 0 saturated carbocycles. The van der Waals surface area contributed by atoms with Crippen molar-refractivity contribution in [3.8, 4) is 0 Å². The van der Waals surface area contributed by atoms with E-state index in [-0.39, 0.29) is 17.0 Å². The Morgan fingerprint density at radius 2 is 1.59 bits per heavy atom. The summed E-state index contributed by atoms with van der Waals surface area (Å²) in [5.74, 6) is 0.375. The van der Waals surface area contributed by atoms with Crippen molar-refractivity contribution in [1.82, 2.24) is 19.7 Å². The van der Waals surface area contributed by atoms with Gasteiger partial charge in [0.05, 0.1) is 0 Å². The zero-order chi connectivity index (χ0) is 25.0. The summed E-state index contributed by atoms with van der Waals surface area (Å²) >= 11 is 0. The zero-order valence-corrected chi connectivity index (χ0v) is 22.0. The molecule has 7 heteroatoms. The molecule has 0 unspecified atom stereocenters. The molecule has 3 rings (SSSR count). The van der Waals surface area contributed by atoms with Gasteiger partial charge >= 0.3 is 0 Å². The molecule has 0 aliphatic carbocycles. The zero-order valence-electron chi connectivity index (χ0n) is 22.0. The molecule has 190 valence electrons. The van der Waals surface area contributed by atoms with Gasteiger partial charge in [-0.05, 0) is 84.7 Å². The number of amides is 2. The molecule has 0 spiro atoms. The molecule has 7 nitrogen and oxygen atoms in total. The van der Waals surface area contributed by atoms with Gasteiger partial charge in [0.15, 0.2) is 0 Å². The summed E-state index contributed by atoms with van der Waals surface area (Å²) in [5.41, 5.74) is -0.793. The summed E-state index contributed by atoms with van der Waals surface area (Å²) in [6.45, 7) is 16.6. The van der Waals surface area contributed by atoms with Gasteiger partial charge in [-0.3, -0.25) is 14.4 Å². The monoisotopic (exact) mass is 472 g/mol. The highest BCUT2D eigenvalue weighted by atomic mass is 16.2. The summed E-state index contributed by atoms with van der Waals surface area (Å²) < 4.78 is 1.84. The van der Waals surface area contributed by atoms with Crippen molar-refractivity contribution in [3.63, 3.8) is 0 Å². The van der Waals surface area contributed by atoms with Crippen molar-refractivity contribution in [2.24, 2.45) is 11.8 Å². The average Bonchev–Trinajstić information content (AvgIpc) is 3.31. The van der Waals surface area contributed by atoms with Crippen LogP contribution in [0.2, 0.25) is 0 Å². The molecule has 34 heavy (non-hydrogen) atoms. The lowest BCUT2D eigenvalue weighted by Crippen LogP contribution is -2.46. The van der Waals surface area contributed by atoms with Crippen molar-refractivity contribution in [1.29, 1.82) is 0 Å². The number of carbonyl (C=O) groups excluding carboxylic acids is 2. The van der Waals surface area contributed by atoms with Crippen LogP contribution in [0.3, 0.4) is 0 Å². The van der Waals surface area contributed by atoms with Crippen molar-refractivity contribution < 1.29 is 9.59 Å². The Balaban J connectivity index is 1.79. The Kier molecular flexibility index (Phi) is 8.61. The molecule has 0 aromatic carbocycles. The first kappa shape index (κ1) is 26.5. The van der Waals surface area contributed by atoms with Crippen LogP contribution >= 0.6 is 0 Å². The number of pyridine rings is 1. The molecule has 0 radical (unpaired) electrons. The van der Waals surface area contributed by atoms with Gasteiger partial charge in [-0.15, -0.1) is 0 Å². The van der Waals surface area contributed by atoms with Gasteiger partial charge in [-0.2, -0.15) is 0 Å². The lowest BCUT2D eigenvalue weighted by molar-refractivity contribution is 0.0622. The predicted octanol–water partition coefficient (Wildman–Crippen LogP) is 3.76. The molecule has 1 atom stereocenters. The lowest BCUT2D eigenvalue weighted by Gasteiger charge is -2.38. The second-order valence-electron chi connectivity index (χ2n) is 11.7. The number of piperidine rings is 1. The molecule has 2 saturated heterocycles. The summed E-state index contributed by atoms with van der Waals surface area (Å²) in [4.78, 5) is 44.1. The topological polar surface area (TPSA) is 74.6 Å². The van der Waals surface area contributed by atoms with Crippen LogP contribution in [0, 0.1) is 11.8 Å². The van der Waals surface area contributed by atoms with Crippen LogP contribution in [0.4, 0.5) is 0 Å². The third-order valence-electron chi connectivity index (χ3n) is 7.23. The first-order valence-electron chi connectivity index (χ1n) is 13.1. The molecule has 1 aromatic heterocycles. The van der Waals surface area contributed by atoms with Crippen LogP contribution < -0.4 is 10.7 Å². The molecule has 2 fully saturated rings. The second kappa shape index (κ2) is 11.1. The number of nitrogens with one attached hydrogen (secondary N) is 1. The summed E-state index contributed by atoms with van der Waals surface area (Å²) in [6, 6.07) is 0.539. The number of likely N-dealkylation sites (tertiary alicyclic amines) is 2. The van der Waals surface area contributed by atoms with E-state index < -0.39 is 16.9 Å². The molecule has 1 aromatic rings. The van der Waals surface area contributed by atoms with E-state index in [9.17, 15) is 14.4 Å². The summed E-state index contributed by atoms with van der Waals surface area (Å²) in [6.07, 6.45) is 8.63. The Bertz CT molecular complexity index is 917. The Morgan fingerprint density at radius 1 is 1.00 bits per heavy atom. The van der Waals surface area contributed by atoms with E-state index in [0.717, 1.165) is 19.3 Å². The van der Waals surface area contributed by atoms with Gasteiger partial charge in [0.2, 0.25) is 5.43 Å². The van der Waals surface area contributed by atoms with E-state index in [1.165, 1.54) is 25.9 Å². The molecule has 2 aliphatic rings. The summed E-state index contributed by atoms with van der Waals surface area (Å²) in [7, 11) is 0. The Morgan fingerprint density at radius 3 is 2.15 bits per heavy atom. The van der Waals surface area contributed by atoms with E-state index in [2.05, 4.69) is 31.0 Å². The first-order valence-corrected chi connectivity index (χ1v) is 13.1. The van der Waals surface area contributed by atoms with E-state index in [0.29, 0.717) is 37.5 Å². The van der Waals surface area contributed by atoms with Gasteiger partial charge in [0.1, 0.15) is 11.1 Å². The smallest absolute Gasteiger partial charge is 0.259 e.